The molecule has 1 aromatic rings. The van der Waals surface area contributed by atoms with Crippen LogP contribution < -0.4 is 10.1 Å². The number of aliphatic hydroxyl groups excluding tert-OH is 1. The summed E-state index contributed by atoms with van der Waals surface area (Å²) < 4.78 is 32.2. The van der Waals surface area contributed by atoms with Crippen LogP contribution in [0.5, 0.6) is 5.75 Å². The van der Waals surface area contributed by atoms with Crippen LogP contribution in [0.15, 0.2) is 12.1 Å². The molecule has 2 N–H and O–H groups in total. The van der Waals surface area contributed by atoms with E-state index in [0.717, 1.165) is 6.42 Å². The summed E-state index contributed by atoms with van der Waals surface area (Å²) in [5, 5.41) is 11.4. The van der Waals surface area contributed by atoms with E-state index < -0.39 is 11.6 Å². The average Bonchev–Trinajstić information content (AvgIpc) is 2.32. The van der Waals surface area contributed by atoms with Gasteiger partial charge in [0.2, 0.25) is 0 Å². The Balaban J connectivity index is 2.54. The third-order valence-electron chi connectivity index (χ3n) is 2.49. The molecule has 0 aliphatic rings. The summed E-state index contributed by atoms with van der Waals surface area (Å²) in [5.41, 5.74) is 0.542. The van der Waals surface area contributed by atoms with Crippen LogP contribution in [0.25, 0.3) is 0 Å². The number of benzene rings is 1. The summed E-state index contributed by atoms with van der Waals surface area (Å²) in [7, 11) is 1.71. The lowest BCUT2D eigenvalue weighted by Crippen LogP contribution is -2.07. The van der Waals surface area contributed by atoms with Crippen LogP contribution in [0.2, 0.25) is 0 Å². The van der Waals surface area contributed by atoms with Crippen molar-refractivity contribution in [3.05, 3.63) is 29.3 Å². The van der Waals surface area contributed by atoms with Gasteiger partial charge in [-0.25, -0.2) is 8.78 Å². The van der Waals surface area contributed by atoms with Gasteiger partial charge in [0.25, 0.3) is 0 Å². The first kappa shape index (κ1) is 14.9. The fourth-order valence-electron chi connectivity index (χ4n) is 1.62. The van der Waals surface area contributed by atoms with Crippen molar-refractivity contribution in [1.29, 1.82) is 0 Å². The standard InChI is InChI=1S/C13H19F2NO2/c1-16-9-10-7-11(14)13(12(15)8-10)18-6-4-2-3-5-17/h7-8,16-17H,2-6,9H2,1H3. The predicted molar refractivity (Wildman–Crippen MR) is 65.6 cm³/mol. The van der Waals surface area contributed by atoms with Crippen molar-refractivity contribution in [3.63, 3.8) is 0 Å². The van der Waals surface area contributed by atoms with Gasteiger partial charge in [-0.1, -0.05) is 0 Å². The Bertz CT molecular complexity index is 349. The van der Waals surface area contributed by atoms with E-state index in [2.05, 4.69) is 5.32 Å². The monoisotopic (exact) mass is 259 g/mol. The molecule has 18 heavy (non-hydrogen) atoms. The second-order valence-electron chi connectivity index (χ2n) is 4.05. The molecule has 0 unspecified atom stereocenters. The topological polar surface area (TPSA) is 41.5 Å². The van der Waals surface area contributed by atoms with Gasteiger partial charge in [0.1, 0.15) is 0 Å². The second-order valence-corrected chi connectivity index (χ2v) is 4.05. The van der Waals surface area contributed by atoms with Crippen LogP contribution in [-0.2, 0) is 6.54 Å². The van der Waals surface area contributed by atoms with Crippen LogP contribution in [0.3, 0.4) is 0 Å². The van der Waals surface area contributed by atoms with Crippen molar-refractivity contribution in [1.82, 2.24) is 5.32 Å². The summed E-state index contributed by atoms with van der Waals surface area (Å²) in [6.07, 6.45) is 2.12. The van der Waals surface area contributed by atoms with E-state index in [1.54, 1.807) is 7.05 Å². The van der Waals surface area contributed by atoms with Gasteiger partial charge in [-0.3, -0.25) is 0 Å². The summed E-state index contributed by atoms with van der Waals surface area (Å²) in [6.45, 7) is 0.783. The molecule has 0 aliphatic carbocycles. The van der Waals surface area contributed by atoms with E-state index in [4.69, 9.17) is 9.84 Å². The normalized spacial score (nSPS) is 10.7. The Kier molecular flexibility index (Phi) is 6.60. The number of aliphatic hydroxyl groups is 1. The van der Waals surface area contributed by atoms with E-state index in [9.17, 15) is 8.78 Å². The molecular formula is C13H19F2NO2. The number of rotatable bonds is 8. The van der Waals surface area contributed by atoms with Crippen molar-refractivity contribution in [3.8, 4) is 5.75 Å². The maximum Gasteiger partial charge on any atom is 0.190 e. The molecule has 5 heteroatoms. The van der Waals surface area contributed by atoms with Gasteiger partial charge in [0.15, 0.2) is 17.4 Å². The van der Waals surface area contributed by atoms with E-state index in [1.165, 1.54) is 12.1 Å². The van der Waals surface area contributed by atoms with Gasteiger partial charge < -0.3 is 15.2 Å². The first-order valence-corrected chi connectivity index (χ1v) is 6.05. The predicted octanol–water partition coefficient (Wildman–Crippen LogP) is 2.23. The third-order valence-corrected chi connectivity index (χ3v) is 2.49. The van der Waals surface area contributed by atoms with E-state index in [1.807, 2.05) is 0 Å². The number of halogens is 2. The first-order valence-electron chi connectivity index (χ1n) is 6.05. The van der Waals surface area contributed by atoms with Crippen molar-refractivity contribution in [2.24, 2.45) is 0 Å². The van der Waals surface area contributed by atoms with Crippen LogP contribution in [0.1, 0.15) is 24.8 Å². The molecular weight excluding hydrogens is 240 g/mol. The molecule has 0 aromatic heterocycles. The number of hydrogen-bond donors (Lipinski definition) is 2. The van der Waals surface area contributed by atoms with Gasteiger partial charge in [-0.2, -0.15) is 0 Å². The SMILES string of the molecule is CNCc1cc(F)c(OCCCCCO)c(F)c1. The zero-order valence-corrected chi connectivity index (χ0v) is 10.5. The van der Waals surface area contributed by atoms with Crippen molar-refractivity contribution in [2.45, 2.75) is 25.8 Å². The Labute approximate surface area is 106 Å². The minimum Gasteiger partial charge on any atom is -0.488 e. The highest BCUT2D eigenvalue weighted by Gasteiger charge is 2.12. The Morgan fingerprint density at radius 3 is 2.39 bits per heavy atom. The Morgan fingerprint density at radius 1 is 1.17 bits per heavy atom. The molecule has 0 amide bonds. The molecule has 0 aliphatic heterocycles. The summed E-state index contributed by atoms with van der Waals surface area (Å²) in [6, 6.07) is 2.53. The molecule has 0 radical (unpaired) electrons. The fraction of sp³-hybridized carbons (Fsp3) is 0.538. The molecule has 0 atom stereocenters. The molecule has 0 heterocycles. The van der Waals surface area contributed by atoms with Gasteiger partial charge in [0.05, 0.1) is 6.61 Å². The van der Waals surface area contributed by atoms with Crippen LogP contribution in [0, 0.1) is 11.6 Å². The fourth-order valence-corrected chi connectivity index (χ4v) is 1.62. The number of hydrogen-bond acceptors (Lipinski definition) is 3. The third kappa shape index (κ3) is 4.58. The lowest BCUT2D eigenvalue weighted by atomic mass is 10.2. The van der Waals surface area contributed by atoms with Gasteiger partial charge in [-0.15, -0.1) is 0 Å². The maximum atomic E-state index is 13.6. The first-order chi connectivity index (χ1) is 8.69. The molecule has 1 rings (SSSR count). The molecule has 102 valence electrons. The molecule has 0 saturated heterocycles. The Morgan fingerprint density at radius 2 is 1.83 bits per heavy atom. The molecule has 0 spiro atoms. The molecule has 1 aromatic carbocycles. The number of unbranched alkanes of at least 4 members (excludes halogenated alkanes) is 2. The van der Waals surface area contributed by atoms with Gasteiger partial charge in [-0.05, 0) is 44.0 Å². The van der Waals surface area contributed by atoms with E-state index in [-0.39, 0.29) is 19.0 Å². The molecule has 0 fully saturated rings. The summed E-state index contributed by atoms with van der Waals surface area (Å²) in [4.78, 5) is 0. The van der Waals surface area contributed by atoms with Crippen molar-refractivity contribution >= 4 is 0 Å². The van der Waals surface area contributed by atoms with Gasteiger partial charge >= 0.3 is 0 Å². The zero-order chi connectivity index (χ0) is 13.4. The second kappa shape index (κ2) is 8.00. The molecule has 3 nitrogen and oxygen atoms in total. The van der Waals surface area contributed by atoms with Crippen molar-refractivity contribution < 1.29 is 18.6 Å². The lowest BCUT2D eigenvalue weighted by Gasteiger charge is -2.10. The number of ether oxygens (including phenoxy) is 1. The van der Waals surface area contributed by atoms with Crippen LogP contribution >= 0.6 is 0 Å². The minimum atomic E-state index is -0.678. The number of nitrogens with one attached hydrogen (secondary N) is 1. The molecule has 0 saturated carbocycles. The highest BCUT2D eigenvalue weighted by Crippen LogP contribution is 2.23. The summed E-state index contributed by atoms with van der Waals surface area (Å²) in [5.74, 6) is -1.68. The van der Waals surface area contributed by atoms with Crippen LogP contribution in [0.4, 0.5) is 8.78 Å². The van der Waals surface area contributed by atoms with E-state index >= 15 is 0 Å². The highest BCUT2D eigenvalue weighted by molar-refractivity contribution is 5.31. The summed E-state index contributed by atoms with van der Waals surface area (Å²) >= 11 is 0. The largest absolute Gasteiger partial charge is 0.488 e. The lowest BCUT2D eigenvalue weighted by molar-refractivity contribution is 0.255. The maximum absolute atomic E-state index is 13.6. The smallest absolute Gasteiger partial charge is 0.190 e. The Hall–Kier alpha value is -1.20. The highest BCUT2D eigenvalue weighted by atomic mass is 19.1. The minimum absolute atomic E-state index is 0.126. The van der Waals surface area contributed by atoms with Crippen LogP contribution in [-0.4, -0.2) is 25.4 Å². The van der Waals surface area contributed by atoms with Gasteiger partial charge in [0, 0.05) is 13.2 Å². The average molecular weight is 259 g/mol. The molecule has 0 bridgehead atoms. The van der Waals surface area contributed by atoms with Crippen molar-refractivity contribution in [2.75, 3.05) is 20.3 Å². The quantitative estimate of drug-likeness (QED) is 0.703. The van der Waals surface area contributed by atoms with E-state index in [0.29, 0.717) is 24.9 Å². The zero-order valence-electron chi connectivity index (χ0n) is 10.5.